The van der Waals surface area contributed by atoms with Gasteiger partial charge in [0, 0.05) is 19.2 Å². The van der Waals surface area contributed by atoms with E-state index in [9.17, 15) is 20.2 Å². The van der Waals surface area contributed by atoms with E-state index in [0.717, 1.165) is 12.6 Å². The van der Waals surface area contributed by atoms with E-state index in [1.165, 1.54) is 12.1 Å². The van der Waals surface area contributed by atoms with E-state index in [1.54, 1.807) is 0 Å². The van der Waals surface area contributed by atoms with Crippen LogP contribution in [0.1, 0.15) is 0 Å². The summed E-state index contributed by atoms with van der Waals surface area (Å²) in [5.74, 6) is 0. The molecule has 0 radical (unpaired) electrons. The van der Waals surface area contributed by atoms with Gasteiger partial charge in [-0.25, -0.2) is 0 Å². The molecule has 1 aromatic carbocycles. The van der Waals surface area contributed by atoms with Crippen LogP contribution in [-0.2, 0) is 42.6 Å². The van der Waals surface area contributed by atoms with Crippen molar-refractivity contribution in [2.75, 3.05) is 151 Å². The smallest absolute Gasteiger partial charge is 0.299 e. The summed E-state index contributed by atoms with van der Waals surface area (Å²) < 4.78 is 48.9. The molecule has 0 fully saturated rings. The van der Waals surface area contributed by atoms with Gasteiger partial charge in [-0.1, -0.05) is 0 Å². The van der Waals surface area contributed by atoms with E-state index in [2.05, 4.69) is 10.2 Å². The number of rotatable bonds is 33. The molecule has 0 unspecified atom stereocenters. The van der Waals surface area contributed by atoms with Crippen molar-refractivity contribution < 1.29 is 52.5 Å². The van der Waals surface area contributed by atoms with Gasteiger partial charge in [-0.05, 0) is 20.2 Å². The van der Waals surface area contributed by atoms with Crippen molar-refractivity contribution >= 4 is 17.1 Å². The van der Waals surface area contributed by atoms with Gasteiger partial charge in [0.15, 0.2) is 0 Å². The molecule has 0 aliphatic heterocycles. The number of likely N-dealkylation sites (N-methyl/N-ethyl adjacent to an activating group) is 1. The van der Waals surface area contributed by atoms with Gasteiger partial charge >= 0.3 is 0 Å². The van der Waals surface area contributed by atoms with Gasteiger partial charge in [0.05, 0.1) is 135 Å². The Balaban J connectivity index is 1.75. The number of ether oxygens (including phenoxy) is 9. The molecule has 0 bridgehead atoms. The minimum Gasteiger partial charge on any atom is -0.378 e. The number of benzene rings is 1. The van der Waals surface area contributed by atoms with E-state index in [1.807, 2.05) is 14.1 Å². The standard InChI is InChI=1S/C28H50N4O13/c1-30(2)6-8-38-10-12-40-14-16-42-18-20-44-22-24-45-23-21-43-19-17-41-15-13-39-11-9-37-7-5-29-27-4-3-26(31(33)34)25-28(27)32(35)36/h3-4,25,29H,5-24H2,1-2H3. The number of nitrogens with one attached hydrogen (secondary N) is 1. The first-order valence-electron chi connectivity index (χ1n) is 14.9. The maximum atomic E-state index is 11.1. The SMILES string of the molecule is CN(C)CCOCCOCCOCCOCCOCCOCCOCCOCCOCCNc1ccc([N+](=O)[O-])cc1[N+](=O)[O-]. The van der Waals surface area contributed by atoms with Crippen molar-refractivity contribution in [2.24, 2.45) is 0 Å². The fourth-order valence-corrected chi connectivity index (χ4v) is 3.30. The third-order valence-electron chi connectivity index (χ3n) is 5.61. The van der Waals surface area contributed by atoms with Crippen LogP contribution in [-0.4, -0.2) is 161 Å². The highest BCUT2D eigenvalue weighted by Gasteiger charge is 2.19. The van der Waals surface area contributed by atoms with Crippen molar-refractivity contribution in [3.05, 3.63) is 38.4 Å². The molecule has 0 saturated carbocycles. The molecule has 45 heavy (non-hydrogen) atoms. The van der Waals surface area contributed by atoms with Crippen LogP contribution in [0, 0.1) is 20.2 Å². The monoisotopic (exact) mass is 650 g/mol. The van der Waals surface area contributed by atoms with Crippen LogP contribution in [0.25, 0.3) is 0 Å². The average Bonchev–Trinajstić information content (AvgIpc) is 3.01. The summed E-state index contributed by atoms with van der Waals surface area (Å²) >= 11 is 0. The second-order valence-corrected chi connectivity index (χ2v) is 9.46. The summed E-state index contributed by atoms with van der Waals surface area (Å²) in [4.78, 5) is 22.6. The average molecular weight is 651 g/mol. The Labute approximate surface area is 264 Å². The van der Waals surface area contributed by atoms with Gasteiger partial charge in [0.1, 0.15) is 5.69 Å². The van der Waals surface area contributed by atoms with Crippen molar-refractivity contribution in [2.45, 2.75) is 0 Å². The van der Waals surface area contributed by atoms with Crippen LogP contribution in [0.4, 0.5) is 17.1 Å². The maximum absolute atomic E-state index is 11.1. The number of nitrogens with zero attached hydrogens (tertiary/aromatic N) is 3. The maximum Gasteiger partial charge on any atom is 0.299 e. The Kier molecular flexibility index (Phi) is 25.9. The van der Waals surface area contributed by atoms with Gasteiger partial charge in [0.25, 0.3) is 11.4 Å². The highest BCUT2D eigenvalue weighted by Crippen LogP contribution is 2.28. The molecule has 0 aromatic heterocycles. The van der Waals surface area contributed by atoms with Gasteiger partial charge < -0.3 is 52.8 Å². The fraction of sp³-hybridized carbons (Fsp3) is 0.786. The first-order chi connectivity index (χ1) is 21.9. The lowest BCUT2D eigenvalue weighted by Crippen LogP contribution is -2.19. The Bertz CT molecular complexity index is 883. The molecule has 1 N–H and O–H groups in total. The van der Waals surface area contributed by atoms with E-state index >= 15 is 0 Å². The van der Waals surface area contributed by atoms with Crippen molar-refractivity contribution in [1.82, 2.24) is 4.90 Å². The predicted molar refractivity (Wildman–Crippen MR) is 164 cm³/mol. The van der Waals surface area contributed by atoms with Gasteiger partial charge in [-0.2, -0.15) is 0 Å². The van der Waals surface area contributed by atoms with Crippen LogP contribution < -0.4 is 5.32 Å². The van der Waals surface area contributed by atoms with Crippen LogP contribution >= 0.6 is 0 Å². The number of non-ortho nitro benzene ring substituents is 1. The Morgan fingerprint density at radius 1 is 0.556 bits per heavy atom. The van der Waals surface area contributed by atoms with Gasteiger partial charge in [0.2, 0.25) is 0 Å². The molecule has 0 aliphatic rings. The zero-order valence-electron chi connectivity index (χ0n) is 26.5. The molecule has 17 nitrogen and oxygen atoms in total. The molecule has 1 rings (SSSR count). The van der Waals surface area contributed by atoms with E-state index in [-0.39, 0.29) is 23.7 Å². The molecule has 0 spiro atoms. The van der Waals surface area contributed by atoms with Crippen LogP contribution in [0.5, 0.6) is 0 Å². The number of hydrogen-bond donors (Lipinski definition) is 1. The molecule has 0 aliphatic carbocycles. The normalized spacial score (nSPS) is 11.4. The van der Waals surface area contributed by atoms with Crippen molar-refractivity contribution in [1.29, 1.82) is 0 Å². The predicted octanol–water partition coefficient (Wildman–Crippen LogP) is 1.63. The molecule has 260 valence electrons. The number of anilines is 1. The molecule has 0 saturated heterocycles. The Hall–Kier alpha value is -2.58. The third-order valence-corrected chi connectivity index (χ3v) is 5.61. The quantitative estimate of drug-likeness (QED) is 0.0657. The van der Waals surface area contributed by atoms with E-state index in [4.69, 9.17) is 42.6 Å². The lowest BCUT2D eigenvalue weighted by atomic mass is 10.2. The number of nitro benzene ring substituents is 2. The number of hydrogen-bond acceptors (Lipinski definition) is 15. The summed E-state index contributed by atoms with van der Waals surface area (Å²) in [6.45, 7) is 9.73. The molecular weight excluding hydrogens is 600 g/mol. The van der Waals surface area contributed by atoms with Crippen molar-refractivity contribution in [3.63, 3.8) is 0 Å². The highest BCUT2D eigenvalue weighted by molar-refractivity contribution is 5.65. The van der Waals surface area contributed by atoms with E-state index in [0.29, 0.717) is 119 Å². The second-order valence-electron chi connectivity index (χ2n) is 9.46. The zero-order chi connectivity index (χ0) is 32.8. The number of nitro groups is 2. The Morgan fingerprint density at radius 3 is 1.24 bits per heavy atom. The second kappa shape index (κ2) is 28.9. The third kappa shape index (κ3) is 24.3. The first-order valence-corrected chi connectivity index (χ1v) is 14.9. The summed E-state index contributed by atoms with van der Waals surface area (Å²) in [6, 6.07) is 3.43. The molecule has 17 heteroatoms. The summed E-state index contributed by atoms with van der Waals surface area (Å²) in [5, 5.41) is 24.8. The van der Waals surface area contributed by atoms with Crippen LogP contribution in [0.2, 0.25) is 0 Å². The summed E-state index contributed by atoms with van der Waals surface area (Å²) in [6.07, 6.45) is 0. The molecular formula is C28H50N4O13. The highest BCUT2D eigenvalue weighted by atomic mass is 16.6. The van der Waals surface area contributed by atoms with Crippen molar-refractivity contribution in [3.8, 4) is 0 Å². The zero-order valence-corrected chi connectivity index (χ0v) is 26.5. The van der Waals surface area contributed by atoms with Crippen LogP contribution in [0.3, 0.4) is 0 Å². The minimum absolute atomic E-state index is 0.188. The lowest BCUT2D eigenvalue weighted by molar-refractivity contribution is -0.393. The first kappa shape index (κ1) is 40.4. The fourth-order valence-electron chi connectivity index (χ4n) is 3.30. The topological polar surface area (TPSA) is 185 Å². The molecule has 0 heterocycles. The summed E-state index contributed by atoms with van der Waals surface area (Å²) in [5.41, 5.74) is -0.519. The lowest BCUT2D eigenvalue weighted by Gasteiger charge is -2.10. The minimum atomic E-state index is -0.680. The molecule has 0 amide bonds. The largest absolute Gasteiger partial charge is 0.378 e. The Morgan fingerprint density at radius 2 is 0.911 bits per heavy atom. The van der Waals surface area contributed by atoms with Crippen LogP contribution in [0.15, 0.2) is 18.2 Å². The summed E-state index contributed by atoms with van der Waals surface area (Å²) in [7, 11) is 4.02. The van der Waals surface area contributed by atoms with Gasteiger partial charge in [-0.3, -0.25) is 20.2 Å². The molecule has 0 atom stereocenters. The van der Waals surface area contributed by atoms with E-state index < -0.39 is 9.85 Å². The van der Waals surface area contributed by atoms with Gasteiger partial charge in [-0.15, -0.1) is 0 Å². The molecule has 1 aromatic rings.